The average molecular weight is 913 g/mol. The number of carbonyl (C=O) groups excluding carboxylic acids is 4. The topological polar surface area (TPSA) is 130 Å². The predicted octanol–water partition coefficient (Wildman–Crippen LogP) is 10.3. The van der Waals surface area contributed by atoms with Gasteiger partial charge in [-0.2, -0.15) is 0 Å². The lowest BCUT2D eigenvalue weighted by Gasteiger charge is -2.48. The molecule has 0 saturated carbocycles. The van der Waals surface area contributed by atoms with Crippen molar-refractivity contribution >= 4 is 58.2 Å². The second kappa shape index (κ2) is 22.6. The first-order chi connectivity index (χ1) is 29.3. The van der Waals surface area contributed by atoms with E-state index in [4.69, 9.17) is 37.4 Å². The summed E-state index contributed by atoms with van der Waals surface area (Å²) in [5.74, 6) is 0.366. The molecule has 1 heterocycles. The van der Waals surface area contributed by atoms with Crippen molar-refractivity contribution in [3.63, 3.8) is 0 Å². The quantitative estimate of drug-likeness (QED) is 0.136. The fraction of sp³-hybridized carbons (Fsp3) is 0.592. The molecule has 1 aliphatic rings. The summed E-state index contributed by atoms with van der Waals surface area (Å²) in [7, 11) is 0. The fourth-order valence-corrected chi connectivity index (χ4v) is 8.29. The van der Waals surface area contributed by atoms with Gasteiger partial charge in [0.05, 0.1) is 6.42 Å². The van der Waals surface area contributed by atoms with Crippen molar-refractivity contribution in [2.24, 2.45) is 5.92 Å². The van der Waals surface area contributed by atoms with Gasteiger partial charge in [-0.25, -0.2) is 14.4 Å². The minimum atomic E-state index is -0.728. The van der Waals surface area contributed by atoms with Crippen LogP contribution < -0.4 is 10.6 Å². The highest BCUT2D eigenvalue weighted by atomic mass is 35.5. The molecule has 0 bridgehead atoms. The monoisotopic (exact) mass is 911 g/mol. The van der Waals surface area contributed by atoms with E-state index in [0.29, 0.717) is 61.4 Å². The van der Waals surface area contributed by atoms with Crippen molar-refractivity contribution < 1.29 is 33.4 Å². The third-order valence-electron chi connectivity index (χ3n) is 10.4. The number of alkyl carbamates (subject to hydrolysis) is 2. The molecule has 3 aromatic carbocycles. The molecule has 14 heteroatoms. The van der Waals surface area contributed by atoms with Gasteiger partial charge < -0.3 is 34.6 Å². The van der Waals surface area contributed by atoms with Gasteiger partial charge in [-0.05, 0) is 128 Å². The van der Waals surface area contributed by atoms with Crippen LogP contribution >= 0.6 is 23.2 Å². The molecule has 1 aliphatic heterocycles. The Hall–Kier alpha value is -4.26. The number of hydrogen-bond acceptors (Lipinski definition) is 8. The Kier molecular flexibility index (Phi) is 18.4. The molecule has 3 aromatic rings. The van der Waals surface area contributed by atoms with Crippen LogP contribution in [0.1, 0.15) is 107 Å². The normalized spacial score (nSPS) is 16.7. The largest absolute Gasteiger partial charge is 0.444 e. The zero-order chi connectivity index (χ0) is 46.7. The summed E-state index contributed by atoms with van der Waals surface area (Å²) in [5.41, 5.74) is -0.321. The Balaban J connectivity index is 1.65. The van der Waals surface area contributed by atoms with Crippen molar-refractivity contribution in [3.05, 3.63) is 81.8 Å². The van der Waals surface area contributed by atoms with Gasteiger partial charge in [0, 0.05) is 67.4 Å². The number of rotatable bonds is 16. The van der Waals surface area contributed by atoms with Crippen LogP contribution in [-0.4, -0.2) is 113 Å². The summed E-state index contributed by atoms with van der Waals surface area (Å²) >= 11 is 13.0. The Bertz CT molecular complexity index is 2010. The summed E-state index contributed by atoms with van der Waals surface area (Å²) < 4.78 is 16.9. The van der Waals surface area contributed by atoms with E-state index in [-0.39, 0.29) is 37.5 Å². The van der Waals surface area contributed by atoms with E-state index >= 15 is 0 Å². The molecule has 0 spiro atoms. The van der Waals surface area contributed by atoms with E-state index in [2.05, 4.69) is 58.5 Å². The second-order valence-electron chi connectivity index (χ2n) is 20.1. The number of ether oxygens (including phenoxy) is 3. The van der Waals surface area contributed by atoms with Crippen molar-refractivity contribution in [1.82, 2.24) is 25.3 Å². The van der Waals surface area contributed by atoms with E-state index in [1.165, 1.54) is 0 Å². The molecule has 4 rings (SSSR count). The highest BCUT2D eigenvalue weighted by Gasteiger charge is 2.38. The maximum Gasteiger partial charge on any atom is 0.410 e. The number of benzene rings is 3. The summed E-state index contributed by atoms with van der Waals surface area (Å²) in [6.45, 7) is 22.8. The van der Waals surface area contributed by atoms with Gasteiger partial charge in [0.2, 0.25) is 5.91 Å². The Morgan fingerprint density at radius 3 is 2.06 bits per heavy atom. The lowest BCUT2D eigenvalue weighted by molar-refractivity contribution is -0.138. The molecule has 1 fully saturated rings. The van der Waals surface area contributed by atoms with Crippen LogP contribution in [0.2, 0.25) is 10.0 Å². The third kappa shape index (κ3) is 18.0. The van der Waals surface area contributed by atoms with Crippen molar-refractivity contribution in [2.75, 3.05) is 39.3 Å². The summed E-state index contributed by atoms with van der Waals surface area (Å²) in [4.78, 5) is 60.0. The first kappa shape index (κ1) is 51.4. The molecule has 348 valence electrons. The standard InChI is InChI=1S/C49H71Cl2N5O7/c1-33(2)25-41-31-55(30-39(53-45(59)62-48(6,7)8)28-37-20-21-38(50)29-42(37)51)40(32-56(41)43(57)27-34-18-19-35-15-12-13-16-36(35)26-34)17-14-23-54(46(60)63-49(9,10)11)24-22-52-44(58)61-47(3,4)5/h12-13,15-16,18-21,26,29,33,39-41H,14,17,22-25,27-28,30-32H2,1-11H3,(H,52,58)(H,53,59)/t39-,40-,41+/m0/s1. The molecular formula is C49H71Cl2N5O7. The van der Waals surface area contributed by atoms with E-state index in [0.717, 1.165) is 28.3 Å². The Labute approximate surface area is 385 Å². The number of nitrogens with one attached hydrogen (secondary N) is 2. The number of piperazine rings is 1. The maximum atomic E-state index is 14.5. The van der Waals surface area contributed by atoms with Gasteiger partial charge in [0.15, 0.2) is 0 Å². The van der Waals surface area contributed by atoms with E-state index in [1.807, 2.05) is 65.8 Å². The van der Waals surface area contributed by atoms with Crippen LogP contribution in [0.4, 0.5) is 14.4 Å². The van der Waals surface area contributed by atoms with E-state index in [1.54, 1.807) is 37.8 Å². The molecule has 0 radical (unpaired) electrons. The zero-order valence-corrected chi connectivity index (χ0v) is 40.8. The van der Waals surface area contributed by atoms with Gasteiger partial charge in [-0.3, -0.25) is 9.69 Å². The Morgan fingerprint density at radius 2 is 1.43 bits per heavy atom. The van der Waals surface area contributed by atoms with E-state index in [9.17, 15) is 19.2 Å². The zero-order valence-electron chi connectivity index (χ0n) is 39.3. The number of hydrogen-bond donors (Lipinski definition) is 2. The summed E-state index contributed by atoms with van der Waals surface area (Å²) in [6.07, 6.45) is 1.07. The molecule has 1 saturated heterocycles. The fourth-order valence-electron chi connectivity index (χ4n) is 7.80. The predicted molar refractivity (Wildman–Crippen MR) is 253 cm³/mol. The Morgan fingerprint density at radius 1 is 0.778 bits per heavy atom. The van der Waals surface area contributed by atoms with Crippen LogP contribution in [-0.2, 0) is 31.8 Å². The van der Waals surface area contributed by atoms with Gasteiger partial charge in [0.25, 0.3) is 0 Å². The van der Waals surface area contributed by atoms with Crippen LogP contribution in [0, 0.1) is 5.92 Å². The lowest BCUT2D eigenvalue weighted by Crippen LogP contribution is -2.62. The highest BCUT2D eigenvalue weighted by molar-refractivity contribution is 6.35. The number of halogens is 2. The number of nitrogens with zero attached hydrogens (tertiary/aromatic N) is 3. The molecule has 4 amide bonds. The van der Waals surface area contributed by atoms with Gasteiger partial charge in [0.1, 0.15) is 16.8 Å². The minimum absolute atomic E-state index is 0.0561. The number of carbonyl (C=O) groups is 4. The molecule has 0 unspecified atom stereocenters. The van der Waals surface area contributed by atoms with Crippen LogP contribution in [0.25, 0.3) is 10.8 Å². The maximum absolute atomic E-state index is 14.5. The van der Waals surface area contributed by atoms with Gasteiger partial charge in [-0.15, -0.1) is 0 Å². The van der Waals surface area contributed by atoms with Crippen molar-refractivity contribution in [1.29, 1.82) is 0 Å². The molecule has 3 atom stereocenters. The SMILES string of the molecule is CC(C)C[C@@H]1CN(C[C@H](Cc2ccc(Cl)cc2Cl)NC(=O)OC(C)(C)C)[C@@H](CCCN(CCNC(=O)OC(C)(C)C)C(=O)OC(C)(C)C)CN1C(=O)Cc1ccc2ccccc2c1. The molecule has 12 nitrogen and oxygen atoms in total. The molecule has 0 aromatic heterocycles. The van der Waals surface area contributed by atoms with Gasteiger partial charge in [-0.1, -0.05) is 85.6 Å². The molecule has 63 heavy (non-hydrogen) atoms. The van der Waals surface area contributed by atoms with Crippen molar-refractivity contribution in [3.8, 4) is 0 Å². The van der Waals surface area contributed by atoms with Crippen LogP contribution in [0.15, 0.2) is 60.7 Å². The van der Waals surface area contributed by atoms with Crippen molar-refractivity contribution in [2.45, 2.75) is 143 Å². The summed E-state index contributed by atoms with van der Waals surface area (Å²) in [5, 5.41) is 9.12. The molecule has 2 N–H and O–H groups in total. The molecule has 0 aliphatic carbocycles. The first-order valence-electron chi connectivity index (χ1n) is 22.2. The van der Waals surface area contributed by atoms with Crippen LogP contribution in [0.5, 0.6) is 0 Å². The number of amides is 4. The molecular weight excluding hydrogens is 841 g/mol. The van der Waals surface area contributed by atoms with Crippen LogP contribution in [0.3, 0.4) is 0 Å². The summed E-state index contributed by atoms with van der Waals surface area (Å²) in [6, 6.07) is 19.0. The highest BCUT2D eigenvalue weighted by Crippen LogP contribution is 2.28. The smallest absolute Gasteiger partial charge is 0.410 e. The van der Waals surface area contributed by atoms with Gasteiger partial charge >= 0.3 is 18.3 Å². The number of fused-ring (bicyclic) bond motifs is 1. The first-order valence-corrected chi connectivity index (χ1v) is 23.0. The second-order valence-corrected chi connectivity index (χ2v) is 21.0. The lowest BCUT2D eigenvalue weighted by atomic mass is 9.93. The minimum Gasteiger partial charge on any atom is -0.444 e. The van der Waals surface area contributed by atoms with E-state index < -0.39 is 41.1 Å². The average Bonchev–Trinajstić information content (AvgIpc) is 3.13. The third-order valence-corrected chi connectivity index (χ3v) is 11.0.